The number of hydrogen-bond donors (Lipinski definition) is 2. The van der Waals surface area contributed by atoms with Crippen molar-refractivity contribution in [3.8, 4) is 0 Å². The number of carbonyl (C=O) groups is 2. The minimum absolute atomic E-state index is 0.0526. The van der Waals surface area contributed by atoms with Gasteiger partial charge in [0.2, 0.25) is 15.9 Å². The van der Waals surface area contributed by atoms with Gasteiger partial charge in [0.25, 0.3) is 0 Å². The number of amides is 3. The van der Waals surface area contributed by atoms with Crippen LogP contribution in [0.25, 0.3) is 0 Å². The molecule has 1 aliphatic rings. The van der Waals surface area contributed by atoms with E-state index in [2.05, 4.69) is 10.6 Å². The molecule has 8 nitrogen and oxygen atoms in total. The van der Waals surface area contributed by atoms with Crippen molar-refractivity contribution in [2.45, 2.75) is 18.4 Å². The number of sulfonamides is 1. The number of rotatable bonds is 6. The molecule has 0 radical (unpaired) electrons. The second kappa shape index (κ2) is 10.5. The van der Waals surface area contributed by atoms with Crippen LogP contribution >= 0.6 is 23.2 Å². The molecule has 1 fully saturated rings. The number of urea groups is 1. The highest BCUT2D eigenvalue weighted by Crippen LogP contribution is 2.31. The maximum absolute atomic E-state index is 12.9. The summed E-state index contributed by atoms with van der Waals surface area (Å²) in [6.07, 6.45) is 0. The molecular weight excluding hydrogens is 475 g/mol. The Hall–Kier alpha value is -2.33. The summed E-state index contributed by atoms with van der Waals surface area (Å²) in [7, 11) is -3.88. The first-order valence-corrected chi connectivity index (χ1v) is 12.2. The van der Waals surface area contributed by atoms with Crippen LogP contribution in [0.4, 0.5) is 4.79 Å². The van der Waals surface area contributed by atoms with E-state index in [4.69, 9.17) is 23.2 Å². The zero-order valence-electron chi connectivity index (χ0n) is 17.5. The number of nitrogens with zero attached hydrogens (tertiary/aromatic N) is 2. The van der Waals surface area contributed by atoms with Crippen LogP contribution in [-0.4, -0.2) is 62.3 Å². The molecule has 1 heterocycles. The summed E-state index contributed by atoms with van der Waals surface area (Å²) in [6, 6.07) is 11.8. The van der Waals surface area contributed by atoms with Crippen molar-refractivity contribution >= 4 is 45.2 Å². The van der Waals surface area contributed by atoms with Gasteiger partial charge in [0.15, 0.2) is 0 Å². The zero-order chi connectivity index (χ0) is 23.3. The molecule has 3 amide bonds. The van der Waals surface area contributed by atoms with Crippen molar-refractivity contribution < 1.29 is 18.0 Å². The van der Waals surface area contributed by atoms with Crippen molar-refractivity contribution in [3.05, 3.63) is 63.6 Å². The Balaban J connectivity index is 1.47. The van der Waals surface area contributed by atoms with Crippen LogP contribution in [0.3, 0.4) is 0 Å². The fraction of sp³-hybridized carbons (Fsp3) is 0.333. The van der Waals surface area contributed by atoms with Crippen molar-refractivity contribution in [3.63, 3.8) is 0 Å². The first-order chi connectivity index (χ1) is 15.2. The highest BCUT2D eigenvalue weighted by atomic mass is 35.5. The summed E-state index contributed by atoms with van der Waals surface area (Å²) >= 11 is 12.1. The van der Waals surface area contributed by atoms with Crippen LogP contribution in [0.1, 0.15) is 11.1 Å². The lowest BCUT2D eigenvalue weighted by Crippen LogP contribution is -2.53. The van der Waals surface area contributed by atoms with Gasteiger partial charge in [-0.2, -0.15) is 4.31 Å². The van der Waals surface area contributed by atoms with Crippen LogP contribution in [0.2, 0.25) is 10.0 Å². The standard InChI is InChI=1S/C21H24Cl2N4O4S/c1-15-5-7-16(8-6-15)13-24-21(29)25-14-19(28)26-9-11-27(12-10-26)32(30,31)20-17(22)3-2-4-18(20)23/h2-8H,9-14H2,1H3,(H2,24,25,29). The fourth-order valence-corrected chi connectivity index (χ4v) is 5.77. The first-order valence-electron chi connectivity index (χ1n) is 9.97. The summed E-state index contributed by atoms with van der Waals surface area (Å²) in [4.78, 5) is 25.8. The van der Waals surface area contributed by atoms with Gasteiger partial charge in [0.05, 0.1) is 16.6 Å². The summed E-state index contributed by atoms with van der Waals surface area (Å²) in [6.45, 7) is 2.77. The van der Waals surface area contributed by atoms with Crippen LogP contribution in [-0.2, 0) is 21.4 Å². The van der Waals surface area contributed by atoms with Crippen molar-refractivity contribution in [1.82, 2.24) is 19.8 Å². The van der Waals surface area contributed by atoms with E-state index in [1.165, 1.54) is 21.3 Å². The third-order valence-corrected chi connectivity index (χ3v) is 7.94. The van der Waals surface area contributed by atoms with E-state index in [-0.39, 0.29) is 53.6 Å². The van der Waals surface area contributed by atoms with Gasteiger partial charge in [-0.3, -0.25) is 4.79 Å². The van der Waals surface area contributed by atoms with E-state index in [1.54, 1.807) is 6.07 Å². The average molecular weight is 499 g/mol. The highest BCUT2D eigenvalue weighted by molar-refractivity contribution is 7.89. The second-order valence-corrected chi connectivity index (χ2v) is 10.0. The van der Waals surface area contributed by atoms with Crippen molar-refractivity contribution in [2.24, 2.45) is 0 Å². The molecule has 0 unspecified atom stereocenters. The van der Waals surface area contributed by atoms with Crippen LogP contribution in [0.15, 0.2) is 47.4 Å². The Labute approximate surface area is 197 Å². The summed E-state index contributed by atoms with van der Waals surface area (Å²) in [5, 5.41) is 5.34. The van der Waals surface area contributed by atoms with E-state index < -0.39 is 16.1 Å². The topological polar surface area (TPSA) is 98.8 Å². The molecule has 2 aromatic rings. The predicted molar refractivity (Wildman–Crippen MR) is 123 cm³/mol. The van der Waals surface area contributed by atoms with Crippen molar-refractivity contribution in [2.75, 3.05) is 32.7 Å². The Bertz CT molecular complexity index is 1070. The molecule has 0 aliphatic carbocycles. The highest BCUT2D eigenvalue weighted by Gasteiger charge is 2.32. The molecule has 1 saturated heterocycles. The summed E-state index contributed by atoms with van der Waals surface area (Å²) < 4.78 is 27.1. The zero-order valence-corrected chi connectivity index (χ0v) is 19.8. The van der Waals surface area contributed by atoms with Gasteiger partial charge in [0, 0.05) is 32.7 Å². The summed E-state index contributed by atoms with van der Waals surface area (Å²) in [5.74, 6) is -0.289. The third-order valence-electron chi connectivity index (χ3n) is 5.08. The quantitative estimate of drug-likeness (QED) is 0.639. The molecule has 0 saturated carbocycles. The molecule has 0 spiro atoms. The normalized spacial score (nSPS) is 14.8. The number of benzene rings is 2. The maximum atomic E-state index is 12.9. The van der Waals surface area contributed by atoms with E-state index in [9.17, 15) is 18.0 Å². The Morgan fingerprint density at radius 3 is 2.12 bits per heavy atom. The van der Waals surface area contributed by atoms with Gasteiger partial charge in [-0.15, -0.1) is 0 Å². The molecule has 32 heavy (non-hydrogen) atoms. The van der Waals surface area contributed by atoms with Crippen molar-refractivity contribution in [1.29, 1.82) is 0 Å². The van der Waals surface area contributed by atoms with E-state index in [0.29, 0.717) is 6.54 Å². The lowest BCUT2D eigenvalue weighted by Gasteiger charge is -2.34. The molecule has 2 aromatic carbocycles. The Kier molecular flexibility index (Phi) is 8.00. The number of aryl methyl sites for hydroxylation is 1. The first kappa shape index (κ1) is 24.3. The van der Waals surface area contributed by atoms with Crippen LogP contribution < -0.4 is 10.6 Å². The minimum Gasteiger partial charge on any atom is -0.339 e. The van der Waals surface area contributed by atoms with Gasteiger partial charge >= 0.3 is 6.03 Å². The fourth-order valence-electron chi connectivity index (χ4n) is 3.25. The predicted octanol–water partition coefficient (Wildman–Crippen LogP) is 2.63. The lowest BCUT2D eigenvalue weighted by molar-refractivity contribution is -0.131. The van der Waals surface area contributed by atoms with E-state index >= 15 is 0 Å². The number of piperazine rings is 1. The minimum atomic E-state index is -3.88. The van der Waals surface area contributed by atoms with Gasteiger partial charge in [0.1, 0.15) is 4.90 Å². The molecule has 172 valence electrons. The van der Waals surface area contributed by atoms with Crippen LogP contribution in [0.5, 0.6) is 0 Å². The van der Waals surface area contributed by atoms with Gasteiger partial charge in [-0.1, -0.05) is 59.1 Å². The largest absolute Gasteiger partial charge is 0.339 e. The molecular formula is C21H24Cl2N4O4S. The SMILES string of the molecule is Cc1ccc(CNC(=O)NCC(=O)N2CCN(S(=O)(=O)c3c(Cl)cccc3Cl)CC2)cc1. The van der Waals surface area contributed by atoms with Gasteiger partial charge < -0.3 is 15.5 Å². The number of halogens is 2. The van der Waals surface area contributed by atoms with E-state index in [0.717, 1.165) is 11.1 Å². The smallest absolute Gasteiger partial charge is 0.315 e. The average Bonchev–Trinajstić information content (AvgIpc) is 2.77. The monoisotopic (exact) mass is 498 g/mol. The van der Waals surface area contributed by atoms with Crippen LogP contribution in [0, 0.1) is 6.92 Å². The number of carbonyl (C=O) groups excluding carboxylic acids is 2. The second-order valence-electron chi connectivity index (χ2n) is 7.36. The maximum Gasteiger partial charge on any atom is 0.315 e. The number of nitrogens with one attached hydrogen (secondary N) is 2. The summed E-state index contributed by atoms with van der Waals surface area (Å²) in [5.41, 5.74) is 2.08. The third kappa shape index (κ3) is 5.92. The molecule has 0 bridgehead atoms. The Morgan fingerprint density at radius 2 is 1.53 bits per heavy atom. The molecule has 2 N–H and O–H groups in total. The van der Waals surface area contributed by atoms with E-state index in [1.807, 2.05) is 31.2 Å². The van der Waals surface area contributed by atoms with Gasteiger partial charge in [-0.05, 0) is 24.6 Å². The molecule has 1 aliphatic heterocycles. The molecule has 0 atom stereocenters. The molecule has 0 aromatic heterocycles. The number of hydrogen-bond acceptors (Lipinski definition) is 4. The molecule has 11 heteroatoms. The lowest BCUT2D eigenvalue weighted by atomic mass is 10.1. The molecule has 3 rings (SSSR count). The Morgan fingerprint density at radius 1 is 0.938 bits per heavy atom. The van der Waals surface area contributed by atoms with Gasteiger partial charge in [-0.25, -0.2) is 13.2 Å².